The van der Waals surface area contributed by atoms with Crippen molar-refractivity contribution in [3.05, 3.63) is 0 Å². The average molecular weight is 750 g/mol. The van der Waals surface area contributed by atoms with Gasteiger partial charge in [-0.05, 0) is 123 Å². The van der Waals surface area contributed by atoms with E-state index in [0.29, 0.717) is 66.7 Å². The van der Waals surface area contributed by atoms with E-state index in [-0.39, 0.29) is 53.0 Å². The van der Waals surface area contributed by atoms with Crippen LogP contribution >= 0.6 is 0 Å². The molecule has 3 aliphatic heterocycles. The van der Waals surface area contributed by atoms with Crippen LogP contribution < -0.4 is 5.73 Å². The highest BCUT2D eigenvalue weighted by atomic mass is 32.2. The van der Waals surface area contributed by atoms with Crippen molar-refractivity contribution in [2.75, 3.05) is 52.2 Å². The van der Waals surface area contributed by atoms with E-state index in [1.54, 1.807) is 4.31 Å². The van der Waals surface area contributed by atoms with Gasteiger partial charge in [-0.1, -0.05) is 34.6 Å². The summed E-state index contributed by atoms with van der Waals surface area (Å²) in [5.74, 6) is 2.59. The Morgan fingerprint density at radius 1 is 1.02 bits per heavy atom. The largest absolute Gasteiger partial charge is 0.388 e. The topological polar surface area (TPSA) is 124 Å². The maximum absolute atomic E-state index is 11.9. The van der Waals surface area contributed by atoms with Crippen LogP contribution in [-0.4, -0.2) is 117 Å². The molecule has 3 saturated heterocycles. The first-order chi connectivity index (χ1) is 24.2. The van der Waals surface area contributed by atoms with E-state index in [2.05, 4.69) is 39.5 Å². The third-order valence-electron chi connectivity index (χ3n) is 17.4. The van der Waals surface area contributed by atoms with Crippen LogP contribution in [0.4, 0.5) is 0 Å². The zero-order valence-electron chi connectivity index (χ0n) is 33.7. The average Bonchev–Trinajstić information content (AvgIpc) is 3.66. The van der Waals surface area contributed by atoms with Gasteiger partial charge in [-0.3, -0.25) is 4.90 Å². The van der Waals surface area contributed by atoms with Crippen molar-refractivity contribution < 1.29 is 32.5 Å². The normalized spacial score (nSPS) is 49.9. The number of sulfonamides is 1. The molecule has 52 heavy (non-hydrogen) atoms. The molecule has 11 heteroatoms. The summed E-state index contributed by atoms with van der Waals surface area (Å²) < 4.78 is 51.9. The summed E-state index contributed by atoms with van der Waals surface area (Å²) in [5.41, 5.74) is 7.52. The van der Waals surface area contributed by atoms with Crippen LogP contribution in [0.15, 0.2) is 0 Å². The number of nitrogens with two attached hydrogens (primary N) is 1. The van der Waals surface area contributed by atoms with Crippen molar-refractivity contribution in [2.45, 2.75) is 149 Å². The van der Waals surface area contributed by atoms with Gasteiger partial charge in [-0.15, -0.1) is 0 Å². The Balaban J connectivity index is 0.966. The van der Waals surface area contributed by atoms with Gasteiger partial charge in [0.1, 0.15) is 6.10 Å². The smallest absolute Gasteiger partial charge is 0.211 e. The van der Waals surface area contributed by atoms with E-state index in [0.717, 1.165) is 32.5 Å². The van der Waals surface area contributed by atoms with Gasteiger partial charge in [0.05, 0.1) is 36.8 Å². The number of fused-ring (bicyclic) bond motifs is 4. The highest BCUT2D eigenvalue weighted by Crippen LogP contribution is 2.88. The third-order valence-corrected chi connectivity index (χ3v) is 18.7. The molecule has 5 aliphatic carbocycles. The first-order valence-electron chi connectivity index (χ1n) is 21.0. The van der Waals surface area contributed by atoms with E-state index < -0.39 is 15.6 Å². The Labute approximate surface area is 314 Å². The molecular weight excluding hydrogens is 679 g/mol. The van der Waals surface area contributed by atoms with Gasteiger partial charge >= 0.3 is 0 Å². The van der Waals surface area contributed by atoms with Gasteiger partial charge in [0.2, 0.25) is 10.0 Å². The number of ether oxygens (including phenoxy) is 4. The molecule has 0 aromatic rings. The third kappa shape index (κ3) is 5.46. The molecule has 14 atom stereocenters. The van der Waals surface area contributed by atoms with Gasteiger partial charge in [0.25, 0.3) is 0 Å². The molecule has 1 unspecified atom stereocenters. The van der Waals surface area contributed by atoms with Crippen LogP contribution in [0.25, 0.3) is 0 Å². The SMILES string of the molecule is CCO[C@@H]([C@H]1C[C@@H](C)[C@H]2[C@H](O1)[C@H](C)[C@@]1(N)[C@@H]3CC[C@H]4C(C)(C)[C@@H](O[C@H]5CN(CC6CN(S(C)(=O)=O)C6)CCO5)CCC45C[C@@]35CC[C@]21C)C(C)(C)O. The molecule has 3 N–H and O–H groups in total. The molecule has 0 aromatic heterocycles. The molecule has 0 aromatic carbocycles. The van der Waals surface area contributed by atoms with Crippen molar-refractivity contribution in [2.24, 2.45) is 62.9 Å². The van der Waals surface area contributed by atoms with Crippen LogP contribution in [0.5, 0.6) is 0 Å². The molecule has 0 radical (unpaired) electrons. The maximum Gasteiger partial charge on any atom is 0.211 e. The lowest BCUT2D eigenvalue weighted by Crippen LogP contribution is -2.68. The lowest BCUT2D eigenvalue weighted by atomic mass is 9.43. The Morgan fingerprint density at radius 3 is 2.38 bits per heavy atom. The predicted octanol–water partition coefficient (Wildman–Crippen LogP) is 4.88. The van der Waals surface area contributed by atoms with Gasteiger partial charge in [0, 0.05) is 50.8 Å². The van der Waals surface area contributed by atoms with Crippen LogP contribution in [0.1, 0.15) is 107 Å². The summed E-state index contributed by atoms with van der Waals surface area (Å²) in [6.07, 6.45) is 10.1. The molecule has 0 bridgehead atoms. The van der Waals surface area contributed by atoms with E-state index in [1.165, 1.54) is 44.8 Å². The lowest BCUT2D eigenvalue weighted by molar-refractivity contribution is -0.246. The number of rotatable bonds is 9. The molecule has 8 rings (SSSR count). The number of hydrogen-bond donors (Lipinski definition) is 2. The summed E-state index contributed by atoms with van der Waals surface area (Å²) in [6, 6.07) is 0. The van der Waals surface area contributed by atoms with Gasteiger partial charge in [-0.25, -0.2) is 12.7 Å². The predicted molar refractivity (Wildman–Crippen MR) is 201 cm³/mol. The Morgan fingerprint density at radius 2 is 1.71 bits per heavy atom. The van der Waals surface area contributed by atoms with Crippen LogP contribution in [0.2, 0.25) is 0 Å². The molecule has 0 amide bonds. The minimum Gasteiger partial charge on any atom is -0.388 e. The standard InChI is InChI=1S/C41H71N3O7S/c1-10-48-35(37(6,7)45)28-19-25(2)33-34(50-28)26(3)41(42)30-12-11-29-36(4,5)31(13-14-39(29)24-40(30,39)16-15-38(33,41)8)51-32-23-43(17-18-49-32)20-27-21-44(22-27)52(9,46)47/h25-35,45H,10-24,42H2,1-9H3/t25-,26+,28-,29+,30-,31+,32+,33+,34-,35+,38-,39?,40+,41-/m1/s1. The molecule has 298 valence electrons. The first-order valence-corrected chi connectivity index (χ1v) is 22.8. The second-order valence-electron chi connectivity index (χ2n) is 20.7. The zero-order chi connectivity index (χ0) is 37.4. The zero-order valence-corrected chi connectivity index (χ0v) is 34.6. The fourth-order valence-electron chi connectivity index (χ4n) is 15.2. The van der Waals surface area contributed by atoms with Crippen molar-refractivity contribution >= 4 is 10.0 Å². The Hall–Kier alpha value is -0.370. The number of aliphatic hydroxyl groups is 1. The quantitative estimate of drug-likeness (QED) is 0.340. The second kappa shape index (κ2) is 12.6. The molecular formula is C41H71N3O7S. The minimum atomic E-state index is -3.09. The van der Waals surface area contributed by atoms with E-state index in [4.69, 9.17) is 24.7 Å². The van der Waals surface area contributed by atoms with Crippen molar-refractivity contribution in [1.82, 2.24) is 9.21 Å². The van der Waals surface area contributed by atoms with E-state index in [1.807, 2.05) is 20.8 Å². The maximum atomic E-state index is 11.9. The second-order valence-corrected chi connectivity index (χ2v) is 22.7. The molecule has 5 saturated carbocycles. The van der Waals surface area contributed by atoms with Crippen LogP contribution in [0.3, 0.4) is 0 Å². The van der Waals surface area contributed by atoms with Crippen molar-refractivity contribution in [1.29, 1.82) is 0 Å². The number of hydrogen-bond acceptors (Lipinski definition) is 9. The summed E-state index contributed by atoms with van der Waals surface area (Å²) >= 11 is 0. The summed E-state index contributed by atoms with van der Waals surface area (Å²) in [7, 11) is -3.09. The molecule has 2 spiro atoms. The highest BCUT2D eigenvalue weighted by Gasteiger charge is 2.84. The highest BCUT2D eigenvalue weighted by molar-refractivity contribution is 7.88. The fraction of sp³-hybridized carbons (Fsp3) is 1.00. The van der Waals surface area contributed by atoms with Crippen molar-refractivity contribution in [3.8, 4) is 0 Å². The summed E-state index contributed by atoms with van der Waals surface area (Å²) in [4.78, 5) is 2.42. The van der Waals surface area contributed by atoms with Crippen molar-refractivity contribution in [3.63, 3.8) is 0 Å². The first kappa shape index (κ1) is 38.5. The van der Waals surface area contributed by atoms with Gasteiger partial charge < -0.3 is 29.8 Å². The molecule has 8 fully saturated rings. The number of morpholine rings is 1. The van der Waals surface area contributed by atoms with Crippen LogP contribution in [0, 0.1) is 57.2 Å². The van der Waals surface area contributed by atoms with Gasteiger partial charge in [0.15, 0.2) is 6.29 Å². The number of nitrogens with zero attached hydrogens (tertiary/aromatic N) is 2. The van der Waals surface area contributed by atoms with E-state index >= 15 is 0 Å². The Bertz CT molecular complexity index is 1480. The van der Waals surface area contributed by atoms with Gasteiger partial charge in [-0.2, -0.15) is 0 Å². The monoisotopic (exact) mass is 750 g/mol. The van der Waals surface area contributed by atoms with Crippen LogP contribution in [-0.2, 0) is 29.0 Å². The summed E-state index contributed by atoms with van der Waals surface area (Å²) in [6.45, 7) is 23.0. The molecule has 3 heterocycles. The Kier molecular flexibility index (Phi) is 9.30. The minimum absolute atomic E-state index is 0.0203. The molecule has 8 aliphatic rings. The molecule has 10 nitrogen and oxygen atoms in total. The fourth-order valence-corrected chi connectivity index (χ4v) is 16.1. The van der Waals surface area contributed by atoms with E-state index in [9.17, 15) is 13.5 Å². The summed E-state index contributed by atoms with van der Waals surface area (Å²) in [5, 5.41) is 11.1. The lowest BCUT2D eigenvalue weighted by Gasteiger charge is -2.64.